The average Bonchev–Trinajstić information content (AvgIpc) is 3.16. The summed E-state index contributed by atoms with van der Waals surface area (Å²) in [5.74, 6) is 0.0920. The van der Waals surface area contributed by atoms with Crippen LogP contribution in [0.2, 0.25) is 0 Å². The number of carbonyl (C=O) groups excluding carboxylic acids is 2. The van der Waals surface area contributed by atoms with E-state index >= 15 is 0 Å². The molecule has 0 bridgehead atoms. The van der Waals surface area contributed by atoms with Crippen molar-refractivity contribution in [1.82, 2.24) is 24.9 Å². The van der Waals surface area contributed by atoms with Crippen molar-refractivity contribution < 1.29 is 9.59 Å². The van der Waals surface area contributed by atoms with Crippen molar-refractivity contribution in [2.75, 3.05) is 33.2 Å². The molecule has 2 aliphatic heterocycles. The molecule has 0 radical (unpaired) electrons. The van der Waals surface area contributed by atoms with Gasteiger partial charge in [-0.25, -0.2) is 0 Å². The summed E-state index contributed by atoms with van der Waals surface area (Å²) in [6.07, 6.45) is 3.90. The predicted octanol–water partition coefficient (Wildman–Crippen LogP) is -0.392. The lowest BCUT2D eigenvalue weighted by molar-refractivity contribution is -0.133. The van der Waals surface area contributed by atoms with Crippen molar-refractivity contribution in [1.29, 1.82) is 0 Å². The molecule has 2 amide bonds. The van der Waals surface area contributed by atoms with Crippen molar-refractivity contribution in [2.45, 2.75) is 25.4 Å². The van der Waals surface area contributed by atoms with Crippen LogP contribution in [0, 0.1) is 0 Å². The molecule has 1 aromatic heterocycles. The molecule has 1 N–H and O–H groups in total. The van der Waals surface area contributed by atoms with Crippen LogP contribution >= 0.6 is 0 Å². The van der Waals surface area contributed by atoms with E-state index in [1.807, 2.05) is 15.9 Å². The summed E-state index contributed by atoms with van der Waals surface area (Å²) < 4.78 is 1.76. The first-order valence-corrected chi connectivity index (χ1v) is 7.43. The Bertz CT molecular complexity index is 535. The molecule has 1 aromatic rings. The summed E-state index contributed by atoms with van der Waals surface area (Å²) in [6.45, 7) is 3.28. The van der Waals surface area contributed by atoms with Gasteiger partial charge in [0.25, 0.3) is 0 Å². The highest BCUT2D eigenvalue weighted by Crippen LogP contribution is 2.20. The molecule has 1 atom stereocenters. The normalized spacial score (nSPS) is 22.1. The zero-order valence-electron chi connectivity index (χ0n) is 12.3. The molecule has 7 nitrogen and oxygen atoms in total. The SMILES string of the molecule is CNC(=O)[C@H]1CN(CC(=O)N2CCCC2)Cc2ccnn21. The molecule has 21 heavy (non-hydrogen) atoms. The van der Waals surface area contributed by atoms with Gasteiger partial charge in [-0.05, 0) is 18.9 Å². The quantitative estimate of drug-likeness (QED) is 0.823. The standard InChI is InChI=1S/C14H21N5O2/c1-15-14(21)12-9-17(8-11-4-5-16-19(11)12)10-13(20)18-6-2-3-7-18/h4-5,12H,2-3,6-10H2,1H3,(H,15,21)/t12-/m1/s1. The van der Waals surface area contributed by atoms with Crippen molar-refractivity contribution in [3.8, 4) is 0 Å². The minimum Gasteiger partial charge on any atom is -0.357 e. The second-order valence-electron chi connectivity index (χ2n) is 5.65. The summed E-state index contributed by atoms with van der Waals surface area (Å²) in [5, 5.41) is 6.90. The minimum absolute atomic E-state index is 0.0710. The number of likely N-dealkylation sites (tertiary alicyclic amines) is 1. The molecule has 0 aromatic carbocycles. The lowest BCUT2D eigenvalue weighted by Crippen LogP contribution is -2.47. The summed E-state index contributed by atoms with van der Waals surface area (Å²) in [4.78, 5) is 28.2. The number of amides is 2. The molecular formula is C14H21N5O2. The van der Waals surface area contributed by atoms with Crippen LogP contribution in [0.5, 0.6) is 0 Å². The van der Waals surface area contributed by atoms with Gasteiger partial charge in [-0.15, -0.1) is 0 Å². The zero-order chi connectivity index (χ0) is 14.8. The highest BCUT2D eigenvalue weighted by atomic mass is 16.2. The monoisotopic (exact) mass is 291 g/mol. The molecular weight excluding hydrogens is 270 g/mol. The van der Waals surface area contributed by atoms with E-state index in [0.29, 0.717) is 19.6 Å². The molecule has 2 aliphatic rings. The van der Waals surface area contributed by atoms with Gasteiger partial charge < -0.3 is 10.2 Å². The van der Waals surface area contributed by atoms with Crippen LogP contribution in [0.25, 0.3) is 0 Å². The van der Waals surface area contributed by atoms with E-state index in [1.54, 1.807) is 17.9 Å². The van der Waals surface area contributed by atoms with E-state index in [-0.39, 0.29) is 17.9 Å². The van der Waals surface area contributed by atoms with Crippen LogP contribution in [0.15, 0.2) is 12.3 Å². The second-order valence-corrected chi connectivity index (χ2v) is 5.65. The van der Waals surface area contributed by atoms with E-state index in [1.165, 1.54) is 0 Å². The number of nitrogens with zero attached hydrogens (tertiary/aromatic N) is 4. The molecule has 0 spiro atoms. The first kappa shape index (κ1) is 14.1. The molecule has 0 unspecified atom stereocenters. The summed E-state index contributed by atoms with van der Waals surface area (Å²) in [5.41, 5.74) is 0.976. The van der Waals surface area contributed by atoms with Crippen LogP contribution in [0.4, 0.5) is 0 Å². The Labute approximate surface area is 123 Å². The fourth-order valence-electron chi connectivity index (χ4n) is 3.10. The number of nitrogens with one attached hydrogen (secondary N) is 1. The Hall–Kier alpha value is -1.89. The van der Waals surface area contributed by atoms with Crippen molar-refractivity contribution in [3.05, 3.63) is 18.0 Å². The van der Waals surface area contributed by atoms with Gasteiger partial charge in [0.05, 0.1) is 12.2 Å². The summed E-state index contributed by atoms with van der Waals surface area (Å²) >= 11 is 0. The number of likely N-dealkylation sites (N-methyl/N-ethyl adjacent to an activating group) is 1. The molecule has 7 heteroatoms. The highest BCUT2D eigenvalue weighted by molar-refractivity contribution is 5.81. The number of fused-ring (bicyclic) bond motifs is 1. The molecule has 3 rings (SSSR count). The molecule has 114 valence electrons. The zero-order valence-corrected chi connectivity index (χ0v) is 12.3. The maximum atomic E-state index is 12.3. The Kier molecular flexibility index (Phi) is 3.92. The largest absolute Gasteiger partial charge is 0.357 e. The highest BCUT2D eigenvalue weighted by Gasteiger charge is 2.32. The van der Waals surface area contributed by atoms with Gasteiger partial charge >= 0.3 is 0 Å². The number of aromatic nitrogens is 2. The molecule has 1 fully saturated rings. The fourth-order valence-corrected chi connectivity index (χ4v) is 3.10. The first-order chi connectivity index (χ1) is 10.2. The number of hydrogen-bond acceptors (Lipinski definition) is 4. The Morgan fingerprint density at radius 1 is 1.38 bits per heavy atom. The van der Waals surface area contributed by atoms with Crippen molar-refractivity contribution in [2.24, 2.45) is 0 Å². The van der Waals surface area contributed by atoms with Crippen molar-refractivity contribution >= 4 is 11.8 Å². The number of carbonyl (C=O) groups is 2. The van der Waals surface area contributed by atoms with E-state index in [2.05, 4.69) is 10.4 Å². The average molecular weight is 291 g/mol. The fraction of sp³-hybridized carbons (Fsp3) is 0.643. The van der Waals surface area contributed by atoms with E-state index in [9.17, 15) is 9.59 Å². The molecule has 0 aliphatic carbocycles. The maximum Gasteiger partial charge on any atom is 0.245 e. The lowest BCUT2D eigenvalue weighted by Gasteiger charge is -2.33. The first-order valence-electron chi connectivity index (χ1n) is 7.43. The van der Waals surface area contributed by atoms with Gasteiger partial charge in [-0.1, -0.05) is 0 Å². The predicted molar refractivity (Wildman–Crippen MR) is 76.4 cm³/mol. The van der Waals surface area contributed by atoms with E-state index in [4.69, 9.17) is 0 Å². The topological polar surface area (TPSA) is 70.5 Å². The minimum atomic E-state index is -0.361. The number of hydrogen-bond donors (Lipinski definition) is 1. The molecule has 1 saturated heterocycles. The maximum absolute atomic E-state index is 12.3. The lowest BCUT2D eigenvalue weighted by atomic mass is 10.1. The van der Waals surface area contributed by atoms with E-state index in [0.717, 1.165) is 31.6 Å². The Balaban J connectivity index is 1.70. The smallest absolute Gasteiger partial charge is 0.245 e. The molecule has 0 saturated carbocycles. The van der Waals surface area contributed by atoms with Gasteiger partial charge in [-0.3, -0.25) is 19.2 Å². The second kappa shape index (κ2) is 5.85. The van der Waals surface area contributed by atoms with Crippen LogP contribution < -0.4 is 5.32 Å². The molecule has 3 heterocycles. The Morgan fingerprint density at radius 3 is 2.86 bits per heavy atom. The third-order valence-corrected chi connectivity index (χ3v) is 4.23. The van der Waals surface area contributed by atoms with Gasteiger partial charge in [0.2, 0.25) is 11.8 Å². The van der Waals surface area contributed by atoms with Gasteiger partial charge in [0.1, 0.15) is 6.04 Å². The van der Waals surface area contributed by atoms with Crippen LogP contribution in [-0.2, 0) is 16.1 Å². The number of rotatable bonds is 3. The third-order valence-electron chi connectivity index (χ3n) is 4.23. The Morgan fingerprint density at radius 2 is 2.14 bits per heavy atom. The van der Waals surface area contributed by atoms with Gasteiger partial charge in [0, 0.05) is 39.4 Å². The van der Waals surface area contributed by atoms with Gasteiger partial charge in [-0.2, -0.15) is 5.10 Å². The van der Waals surface area contributed by atoms with Crippen LogP contribution in [-0.4, -0.2) is 64.6 Å². The summed E-state index contributed by atoms with van der Waals surface area (Å²) in [7, 11) is 1.62. The van der Waals surface area contributed by atoms with Crippen molar-refractivity contribution in [3.63, 3.8) is 0 Å². The van der Waals surface area contributed by atoms with E-state index < -0.39 is 0 Å². The van der Waals surface area contributed by atoms with Crippen LogP contribution in [0.3, 0.4) is 0 Å². The summed E-state index contributed by atoms with van der Waals surface area (Å²) in [6, 6.07) is 1.54. The third kappa shape index (κ3) is 2.78. The van der Waals surface area contributed by atoms with Gasteiger partial charge in [0.15, 0.2) is 0 Å². The van der Waals surface area contributed by atoms with Crippen LogP contribution in [0.1, 0.15) is 24.6 Å².